The van der Waals surface area contributed by atoms with Gasteiger partial charge in [-0.25, -0.2) is 4.98 Å². The lowest BCUT2D eigenvalue weighted by Gasteiger charge is -2.15. The van der Waals surface area contributed by atoms with E-state index in [1.165, 1.54) is 0 Å². The molecule has 1 saturated carbocycles. The number of rotatable bonds is 5. The largest absolute Gasteiger partial charge is 0.350 e. The Morgan fingerprint density at radius 2 is 2.29 bits per heavy atom. The van der Waals surface area contributed by atoms with Crippen molar-refractivity contribution < 1.29 is 4.79 Å². The van der Waals surface area contributed by atoms with Crippen LogP contribution in [0.2, 0.25) is 5.02 Å². The molecule has 110 valence electrons. The zero-order valence-electron chi connectivity index (χ0n) is 11.9. The fraction of sp³-hybridized carbons (Fsp3) is 0.375. The summed E-state index contributed by atoms with van der Waals surface area (Å²) in [4.78, 5) is 17.0. The number of aromatic nitrogens is 1. The molecular formula is C16H17ClN2OS. The molecule has 0 saturated heterocycles. The van der Waals surface area contributed by atoms with Crippen LogP contribution in [0.3, 0.4) is 0 Å². The van der Waals surface area contributed by atoms with Gasteiger partial charge in [-0.3, -0.25) is 4.79 Å². The summed E-state index contributed by atoms with van der Waals surface area (Å²) in [5.74, 6) is 0.0795. The predicted molar refractivity (Wildman–Crippen MR) is 85.7 cm³/mol. The molecule has 1 fully saturated rings. The summed E-state index contributed by atoms with van der Waals surface area (Å²) >= 11 is 7.68. The second kappa shape index (κ2) is 5.78. The molecule has 0 atom stereocenters. The number of benzene rings is 1. The third kappa shape index (κ3) is 2.97. The van der Waals surface area contributed by atoms with Crippen LogP contribution in [0.15, 0.2) is 29.6 Å². The van der Waals surface area contributed by atoms with E-state index in [1.54, 1.807) is 11.3 Å². The highest BCUT2D eigenvalue weighted by atomic mass is 35.5. The first kappa shape index (κ1) is 14.5. The molecule has 3 rings (SSSR count). The molecule has 0 unspecified atom stereocenters. The van der Waals surface area contributed by atoms with Gasteiger partial charge in [-0.05, 0) is 37.0 Å². The van der Waals surface area contributed by atoms with E-state index in [0.717, 1.165) is 35.5 Å². The van der Waals surface area contributed by atoms with Gasteiger partial charge >= 0.3 is 0 Å². The van der Waals surface area contributed by atoms with Crippen molar-refractivity contribution in [2.75, 3.05) is 0 Å². The maximum absolute atomic E-state index is 12.5. The number of amides is 1. The number of aryl methyl sites for hydroxylation is 1. The van der Waals surface area contributed by atoms with Crippen LogP contribution in [0, 0.1) is 0 Å². The Morgan fingerprint density at radius 1 is 1.48 bits per heavy atom. The highest BCUT2D eigenvalue weighted by Gasteiger charge is 2.51. The lowest BCUT2D eigenvalue weighted by Crippen LogP contribution is -2.34. The van der Waals surface area contributed by atoms with Gasteiger partial charge in [-0.1, -0.05) is 30.7 Å². The number of thiazole rings is 1. The van der Waals surface area contributed by atoms with Crippen LogP contribution in [0.25, 0.3) is 0 Å². The monoisotopic (exact) mass is 320 g/mol. The summed E-state index contributed by atoms with van der Waals surface area (Å²) in [5, 5.41) is 6.82. The number of carbonyl (C=O) groups excluding carboxylic acids is 1. The summed E-state index contributed by atoms with van der Waals surface area (Å²) in [6.07, 6.45) is 2.71. The Labute approximate surface area is 133 Å². The van der Waals surface area contributed by atoms with E-state index in [9.17, 15) is 4.79 Å². The molecule has 0 bridgehead atoms. The second-order valence-electron chi connectivity index (χ2n) is 5.36. The number of nitrogens with zero attached hydrogens (tertiary/aromatic N) is 1. The van der Waals surface area contributed by atoms with E-state index in [1.807, 2.05) is 29.6 Å². The van der Waals surface area contributed by atoms with Gasteiger partial charge in [-0.15, -0.1) is 11.3 Å². The van der Waals surface area contributed by atoms with Gasteiger partial charge in [0, 0.05) is 10.4 Å². The Kier molecular flexibility index (Phi) is 4.00. The third-order valence-corrected chi connectivity index (χ3v) is 5.17. The molecule has 0 aliphatic heterocycles. The van der Waals surface area contributed by atoms with Crippen molar-refractivity contribution in [2.45, 2.75) is 38.1 Å². The molecule has 21 heavy (non-hydrogen) atoms. The summed E-state index contributed by atoms with van der Waals surface area (Å²) in [7, 11) is 0. The summed E-state index contributed by atoms with van der Waals surface area (Å²) < 4.78 is 0. The van der Waals surface area contributed by atoms with E-state index < -0.39 is 0 Å². The summed E-state index contributed by atoms with van der Waals surface area (Å²) in [6.45, 7) is 2.58. The van der Waals surface area contributed by atoms with E-state index in [4.69, 9.17) is 11.6 Å². The Bertz CT molecular complexity index is 664. The maximum atomic E-state index is 12.5. The van der Waals surface area contributed by atoms with Crippen molar-refractivity contribution in [3.05, 3.63) is 50.9 Å². The number of hydrogen-bond donors (Lipinski definition) is 1. The molecule has 1 aromatic carbocycles. The number of hydrogen-bond acceptors (Lipinski definition) is 3. The lowest BCUT2D eigenvalue weighted by atomic mass is 9.95. The molecule has 1 aliphatic rings. The van der Waals surface area contributed by atoms with Crippen molar-refractivity contribution >= 4 is 28.8 Å². The minimum absolute atomic E-state index is 0.0795. The first-order valence-corrected chi connectivity index (χ1v) is 8.37. The maximum Gasteiger partial charge on any atom is 0.230 e. The highest BCUT2D eigenvalue weighted by Crippen LogP contribution is 2.48. The van der Waals surface area contributed by atoms with Crippen LogP contribution >= 0.6 is 22.9 Å². The molecular weight excluding hydrogens is 304 g/mol. The molecule has 1 heterocycles. The van der Waals surface area contributed by atoms with Crippen LogP contribution < -0.4 is 5.32 Å². The van der Waals surface area contributed by atoms with Crippen LogP contribution in [-0.2, 0) is 23.2 Å². The Hall–Kier alpha value is -1.39. The first-order chi connectivity index (χ1) is 10.1. The molecule has 1 N–H and O–H groups in total. The van der Waals surface area contributed by atoms with Crippen molar-refractivity contribution in [2.24, 2.45) is 0 Å². The van der Waals surface area contributed by atoms with Crippen LogP contribution in [-0.4, -0.2) is 10.9 Å². The minimum Gasteiger partial charge on any atom is -0.350 e. The SMILES string of the molecule is CCc1nc(CNC(=O)C2(c3cccc(Cl)c3)CC2)cs1. The van der Waals surface area contributed by atoms with Gasteiger partial charge < -0.3 is 5.32 Å². The topological polar surface area (TPSA) is 42.0 Å². The predicted octanol–water partition coefficient (Wildman–Crippen LogP) is 3.71. The van der Waals surface area contributed by atoms with Crippen molar-refractivity contribution in [1.29, 1.82) is 0 Å². The molecule has 0 spiro atoms. The first-order valence-electron chi connectivity index (χ1n) is 7.12. The van der Waals surface area contributed by atoms with Gasteiger partial charge in [0.2, 0.25) is 5.91 Å². The van der Waals surface area contributed by atoms with Crippen LogP contribution in [0.4, 0.5) is 0 Å². The normalized spacial score (nSPS) is 15.7. The average molecular weight is 321 g/mol. The van der Waals surface area contributed by atoms with Gasteiger partial charge in [0.1, 0.15) is 0 Å². The molecule has 1 aliphatic carbocycles. The fourth-order valence-corrected chi connectivity index (χ4v) is 3.43. The zero-order valence-corrected chi connectivity index (χ0v) is 13.4. The standard InChI is InChI=1S/C16H17ClN2OS/c1-2-14-19-13(10-21-14)9-18-15(20)16(6-7-16)11-4-3-5-12(17)8-11/h3-5,8,10H,2,6-7,9H2,1H3,(H,18,20). The number of halogens is 1. The third-order valence-electron chi connectivity index (χ3n) is 3.89. The van der Waals surface area contributed by atoms with Crippen LogP contribution in [0.5, 0.6) is 0 Å². The molecule has 1 amide bonds. The molecule has 2 aromatic rings. The minimum atomic E-state index is -0.380. The number of carbonyl (C=O) groups is 1. The smallest absolute Gasteiger partial charge is 0.230 e. The average Bonchev–Trinajstić information content (AvgIpc) is 3.18. The van der Waals surface area contributed by atoms with Gasteiger partial charge in [0.05, 0.1) is 22.7 Å². The Balaban J connectivity index is 1.67. The quantitative estimate of drug-likeness (QED) is 0.912. The van der Waals surface area contributed by atoms with Gasteiger partial charge in [0.15, 0.2) is 0 Å². The van der Waals surface area contributed by atoms with E-state index >= 15 is 0 Å². The van der Waals surface area contributed by atoms with E-state index in [0.29, 0.717) is 11.6 Å². The lowest BCUT2D eigenvalue weighted by molar-refractivity contribution is -0.123. The second-order valence-corrected chi connectivity index (χ2v) is 6.74. The van der Waals surface area contributed by atoms with Crippen molar-refractivity contribution in [3.63, 3.8) is 0 Å². The van der Waals surface area contributed by atoms with Gasteiger partial charge in [-0.2, -0.15) is 0 Å². The van der Waals surface area contributed by atoms with Crippen molar-refractivity contribution in [1.82, 2.24) is 10.3 Å². The van der Waals surface area contributed by atoms with Crippen LogP contribution in [0.1, 0.15) is 36.0 Å². The molecule has 3 nitrogen and oxygen atoms in total. The fourth-order valence-electron chi connectivity index (χ4n) is 2.49. The molecule has 0 radical (unpaired) electrons. The van der Waals surface area contributed by atoms with E-state index in [-0.39, 0.29) is 11.3 Å². The summed E-state index contributed by atoms with van der Waals surface area (Å²) in [6, 6.07) is 7.61. The molecule has 5 heteroatoms. The van der Waals surface area contributed by atoms with Crippen molar-refractivity contribution in [3.8, 4) is 0 Å². The zero-order chi connectivity index (χ0) is 14.9. The van der Waals surface area contributed by atoms with E-state index in [2.05, 4.69) is 17.2 Å². The molecule has 1 aromatic heterocycles. The summed E-state index contributed by atoms with van der Waals surface area (Å²) in [5.41, 5.74) is 1.57. The Morgan fingerprint density at radius 3 is 2.90 bits per heavy atom. The van der Waals surface area contributed by atoms with Gasteiger partial charge in [0.25, 0.3) is 0 Å². The highest BCUT2D eigenvalue weighted by molar-refractivity contribution is 7.09. The number of nitrogens with one attached hydrogen (secondary N) is 1.